The number of amides is 2. The highest BCUT2D eigenvalue weighted by Gasteiger charge is 2.44. The van der Waals surface area contributed by atoms with Crippen LogP contribution in [0.3, 0.4) is 0 Å². The lowest BCUT2D eigenvalue weighted by atomic mass is 9.80. The van der Waals surface area contributed by atoms with Gasteiger partial charge >= 0.3 is 6.03 Å². The number of piperidine rings is 1. The maximum atomic E-state index is 12.6. The molecule has 5 heteroatoms. The molecule has 2 atom stereocenters. The van der Waals surface area contributed by atoms with Crippen molar-refractivity contribution in [3.8, 4) is 16.9 Å². The van der Waals surface area contributed by atoms with Crippen LogP contribution in [0, 0.1) is 6.92 Å². The van der Waals surface area contributed by atoms with Crippen molar-refractivity contribution in [2.75, 3.05) is 12.4 Å². The molecule has 0 aliphatic carbocycles. The average Bonchev–Trinajstić information content (AvgIpc) is 2.64. The molecule has 1 aromatic heterocycles. The van der Waals surface area contributed by atoms with E-state index in [0.29, 0.717) is 12.1 Å². The number of fused-ring (bicyclic) bond motifs is 2. The molecular formula is C20H23N3O2. The first kappa shape index (κ1) is 15.9. The SMILES string of the molecule is COc1cncc(-c2cc(NC(=O)N3C4CCCC3C4)ccc2C)c1. The monoisotopic (exact) mass is 337 g/mol. The highest BCUT2D eigenvalue weighted by Crippen LogP contribution is 2.38. The van der Waals surface area contributed by atoms with Gasteiger partial charge in [-0.25, -0.2) is 4.79 Å². The quantitative estimate of drug-likeness (QED) is 0.912. The van der Waals surface area contributed by atoms with Crippen molar-refractivity contribution in [1.82, 2.24) is 9.88 Å². The summed E-state index contributed by atoms with van der Waals surface area (Å²) in [7, 11) is 1.63. The first-order valence-electron chi connectivity index (χ1n) is 8.85. The number of urea groups is 1. The molecule has 3 heterocycles. The lowest BCUT2D eigenvalue weighted by Crippen LogP contribution is -2.62. The highest BCUT2D eigenvalue weighted by atomic mass is 16.5. The van der Waals surface area contributed by atoms with Crippen LogP contribution < -0.4 is 10.1 Å². The molecular weight excluding hydrogens is 314 g/mol. The topological polar surface area (TPSA) is 54.5 Å². The summed E-state index contributed by atoms with van der Waals surface area (Å²) in [4.78, 5) is 18.9. The minimum atomic E-state index is 0.0273. The molecule has 2 saturated heterocycles. The molecule has 2 bridgehead atoms. The smallest absolute Gasteiger partial charge is 0.322 e. The zero-order valence-corrected chi connectivity index (χ0v) is 14.7. The fourth-order valence-corrected chi connectivity index (χ4v) is 4.01. The zero-order chi connectivity index (χ0) is 17.4. The molecule has 0 saturated carbocycles. The maximum absolute atomic E-state index is 12.6. The average molecular weight is 337 g/mol. The number of hydrogen-bond donors (Lipinski definition) is 1. The van der Waals surface area contributed by atoms with Gasteiger partial charge in [-0.1, -0.05) is 6.07 Å². The molecule has 2 unspecified atom stereocenters. The first-order chi connectivity index (χ1) is 12.2. The summed E-state index contributed by atoms with van der Waals surface area (Å²) >= 11 is 0. The van der Waals surface area contributed by atoms with E-state index in [1.165, 1.54) is 12.8 Å². The van der Waals surface area contributed by atoms with Gasteiger partial charge in [0.1, 0.15) is 5.75 Å². The molecule has 2 amide bonds. The Labute approximate surface area is 148 Å². The number of methoxy groups -OCH3 is 1. The van der Waals surface area contributed by atoms with Gasteiger partial charge in [0.15, 0.2) is 0 Å². The first-order valence-corrected chi connectivity index (χ1v) is 8.85. The van der Waals surface area contributed by atoms with Crippen molar-refractivity contribution < 1.29 is 9.53 Å². The van der Waals surface area contributed by atoms with Crippen LogP contribution in [-0.2, 0) is 0 Å². The Kier molecular flexibility index (Phi) is 4.07. The molecule has 1 aromatic carbocycles. The molecule has 1 N–H and O–H groups in total. The third kappa shape index (κ3) is 2.95. The van der Waals surface area contributed by atoms with Crippen molar-refractivity contribution in [2.24, 2.45) is 0 Å². The Bertz CT molecular complexity index is 791. The number of hydrogen-bond acceptors (Lipinski definition) is 3. The van der Waals surface area contributed by atoms with Crippen LogP contribution in [0.4, 0.5) is 10.5 Å². The number of aryl methyl sites for hydroxylation is 1. The molecule has 2 aliphatic heterocycles. The summed E-state index contributed by atoms with van der Waals surface area (Å²) in [6.07, 6.45) is 8.19. The predicted molar refractivity (Wildman–Crippen MR) is 97.9 cm³/mol. The van der Waals surface area contributed by atoms with Gasteiger partial charge in [0.2, 0.25) is 0 Å². The summed E-state index contributed by atoms with van der Waals surface area (Å²) in [5.74, 6) is 0.722. The number of benzene rings is 1. The van der Waals surface area contributed by atoms with Gasteiger partial charge in [0.05, 0.1) is 13.3 Å². The standard InChI is InChI=1S/C20H23N3O2/c1-13-6-7-15(9-19(13)14-8-18(25-2)12-21-11-14)22-20(24)23-16-4-3-5-17(23)10-16/h6-9,11-12,16-17H,3-5,10H2,1-2H3,(H,22,24). The van der Waals surface area contributed by atoms with E-state index in [2.05, 4.69) is 17.2 Å². The molecule has 2 aliphatic rings. The third-order valence-electron chi connectivity index (χ3n) is 5.39. The van der Waals surface area contributed by atoms with Crippen LogP contribution in [0.5, 0.6) is 5.75 Å². The molecule has 0 radical (unpaired) electrons. The van der Waals surface area contributed by atoms with E-state index < -0.39 is 0 Å². The van der Waals surface area contributed by atoms with Gasteiger partial charge in [0.25, 0.3) is 0 Å². The maximum Gasteiger partial charge on any atom is 0.322 e. The number of rotatable bonds is 3. The minimum absolute atomic E-state index is 0.0273. The zero-order valence-electron chi connectivity index (χ0n) is 14.7. The Morgan fingerprint density at radius 1 is 1.24 bits per heavy atom. The van der Waals surface area contributed by atoms with E-state index in [4.69, 9.17) is 4.74 Å². The predicted octanol–water partition coefficient (Wildman–Crippen LogP) is 4.22. The van der Waals surface area contributed by atoms with Gasteiger partial charge in [-0.2, -0.15) is 0 Å². The Morgan fingerprint density at radius 2 is 2.04 bits per heavy atom. The number of nitrogens with zero attached hydrogens (tertiary/aromatic N) is 2. The second-order valence-corrected chi connectivity index (χ2v) is 6.95. The van der Waals surface area contributed by atoms with Crippen LogP contribution in [0.15, 0.2) is 36.7 Å². The minimum Gasteiger partial charge on any atom is -0.495 e. The van der Waals surface area contributed by atoms with Crippen molar-refractivity contribution in [2.45, 2.75) is 44.7 Å². The number of ether oxygens (including phenoxy) is 1. The summed E-state index contributed by atoms with van der Waals surface area (Å²) in [6.45, 7) is 2.06. The van der Waals surface area contributed by atoms with Crippen LogP contribution >= 0.6 is 0 Å². The fourth-order valence-electron chi connectivity index (χ4n) is 4.01. The van der Waals surface area contributed by atoms with Crippen LogP contribution in [-0.4, -0.2) is 35.1 Å². The second kappa shape index (κ2) is 6.39. The van der Waals surface area contributed by atoms with E-state index in [1.54, 1.807) is 13.3 Å². The van der Waals surface area contributed by atoms with Crippen LogP contribution in [0.25, 0.3) is 11.1 Å². The molecule has 25 heavy (non-hydrogen) atoms. The van der Waals surface area contributed by atoms with Crippen molar-refractivity contribution in [1.29, 1.82) is 0 Å². The third-order valence-corrected chi connectivity index (χ3v) is 5.39. The van der Waals surface area contributed by atoms with Crippen molar-refractivity contribution in [3.05, 3.63) is 42.2 Å². The summed E-state index contributed by atoms with van der Waals surface area (Å²) < 4.78 is 5.27. The number of pyridine rings is 1. The Morgan fingerprint density at radius 3 is 2.76 bits per heavy atom. The van der Waals surface area contributed by atoms with Crippen LogP contribution in [0.1, 0.15) is 31.2 Å². The van der Waals surface area contributed by atoms with E-state index in [9.17, 15) is 4.79 Å². The number of aromatic nitrogens is 1. The van der Waals surface area contributed by atoms with Crippen LogP contribution in [0.2, 0.25) is 0 Å². The normalized spacial score (nSPS) is 21.4. The highest BCUT2D eigenvalue weighted by molar-refractivity contribution is 5.91. The summed E-state index contributed by atoms with van der Waals surface area (Å²) in [5, 5.41) is 3.07. The number of carbonyl (C=O) groups excluding carboxylic acids is 1. The molecule has 130 valence electrons. The van der Waals surface area contributed by atoms with Gasteiger partial charge in [-0.15, -0.1) is 0 Å². The summed E-state index contributed by atoms with van der Waals surface area (Å²) in [6, 6.07) is 8.86. The van der Waals surface area contributed by atoms with E-state index in [1.807, 2.05) is 35.4 Å². The molecule has 4 rings (SSSR count). The number of anilines is 1. The summed E-state index contributed by atoms with van der Waals surface area (Å²) in [5.41, 5.74) is 3.98. The van der Waals surface area contributed by atoms with E-state index >= 15 is 0 Å². The lowest BCUT2D eigenvalue weighted by Gasteiger charge is -2.52. The fraction of sp³-hybridized carbons (Fsp3) is 0.400. The lowest BCUT2D eigenvalue weighted by molar-refractivity contribution is 0.0173. The second-order valence-electron chi connectivity index (χ2n) is 6.95. The largest absolute Gasteiger partial charge is 0.495 e. The van der Waals surface area contributed by atoms with E-state index in [0.717, 1.165) is 41.0 Å². The van der Waals surface area contributed by atoms with Crippen molar-refractivity contribution >= 4 is 11.7 Å². The molecule has 2 fully saturated rings. The number of nitrogens with one attached hydrogen (secondary N) is 1. The number of carbonyl (C=O) groups is 1. The van der Waals surface area contributed by atoms with Crippen molar-refractivity contribution in [3.63, 3.8) is 0 Å². The molecule has 5 nitrogen and oxygen atoms in total. The van der Waals surface area contributed by atoms with Gasteiger partial charge in [-0.3, -0.25) is 4.98 Å². The van der Waals surface area contributed by atoms with Gasteiger partial charge < -0.3 is 15.0 Å². The molecule has 2 aromatic rings. The van der Waals surface area contributed by atoms with Gasteiger partial charge in [0, 0.05) is 29.5 Å². The Hall–Kier alpha value is -2.56. The molecule has 0 spiro atoms. The van der Waals surface area contributed by atoms with Gasteiger partial charge in [-0.05, 0) is 61.9 Å². The van der Waals surface area contributed by atoms with E-state index in [-0.39, 0.29) is 6.03 Å². The Balaban J connectivity index is 1.56.